The molecule has 0 saturated carbocycles. The maximum absolute atomic E-state index is 11.9. The first-order valence-corrected chi connectivity index (χ1v) is 20.3. The van der Waals surface area contributed by atoms with Gasteiger partial charge < -0.3 is 5.53 Å². The number of unbranched alkanes of at least 4 members (excludes halogenated alkanes) is 9. The second-order valence-electron chi connectivity index (χ2n) is 13.0. The van der Waals surface area contributed by atoms with Crippen molar-refractivity contribution >= 4 is 11.4 Å². The molecule has 1 aliphatic heterocycles. The van der Waals surface area contributed by atoms with Crippen molar-refractivity contribution in [3.63, 3.8) is 0 Å². The van der Waals surface area contributed by atoms with Crippen molar-refractivity contribution in [1.82, 2.24) is 0 Å². The van der Waals surface area contributed by atoms with Crippen LogP contribution in [-0.2, 0) is 40.1 Å². The maximum atomic E-state index is 11.9. The molecule has 0 bridgehead atoms. The zero-order chi connectivity index (χ0) is 32.9. The van der Waals surface area contributed by atoms with Gasteiger partial charge in [-0.25, -0.2) is 4.70 Å². The Morgan fingerprint density at radius 1 is 0.489 bits per heavy atom. The molecule has 3 heteroatoms. The van der Waals surface area contributed by atoms with Gasteiger partial charge in [0.25, 0.3) is 0 Å². The van der Waals surface area contributed by atoms with Crippen LogP contribution in [0.25, 0.3) is 16.9 Å². The van der Waals surface area contributed by atoms with E-state index in [1.165, 1.54) is 110 Å². The predicted octanol–water partition coefficient (Wildman–Crippen LogP) is 13.8. The average molecular weight is 658 g/mol. The Morgan fingerprint density at radius 2 is 0.867 bits per heavy atom. The van der Waals surface area contributed by atoms with E-state index >= 15 is 0 Å². The van der Waals surface area contributed by atoms with E-state index in [1.54, 1.807) is 19.1 Å². The molecule has 45 heavy (non-hydrogen) atoms. The van der Waals surface area contributed by atoms with E-state index < -0.39 is 0 Å². The normalized spacial score (nSPS) is 13.0. The van der Waals surface area contributed by atoms with Crippen LogP contribution in [0.5, 0.6) is 0 Å². The minimum absolute atomic E-state index is 0.949. The van der Waals surface area contributed by atoms with E-state index in [4.69, 9.17) is 0 Å². The van der Waals surface area contributed by atoms with Gasteiger partial charge >= 0.3 is 26.2 Å². The van der Waals surface area contributed by atoms with E-state index in [9.17, 15) is 5.53 Å². The SMILES string of the molecule is CCCCCCc1cc(CCCCCC)cc(C2=C(CCCC)C=C(c3cc(CCCC)cc(CCCC)c3)[N+]2=[N-])c1.[CH3][Ni][CH3]. The number of aryl methyl sites for hydroxylation is 4. The summed E-state index contributed by atoms with van der Waals surface area (Å²) in [7, 11) is 0. The van der Waals surface area contributed by atoms with Crippen LogP contribution in [0, 0.1) is 0 Å². The van der Waals surface area contributed by atoms with Gasteiger partial charge in [-0.1, -0.05) is 105 Å². The molecule has 0 aromatic heterocycles. The van der Waals surface area contributed by atoms with E-state index in [0.717, 1.165) is 61.9 Å². The number of rotatable bonds is 21. The van der Waals surface area contributed by atoms with E-state index in [-0.39, 0.29) is 0 Å². The molecule has 2 nitrogen and oxygen atoms in total. The summed E-state index contributed by atoms with van der Waals surface area (Å²) in [6.45, 7) is 11.4. The molecule has 0 saturated heterocycles. The summed E-state index contributed by atoms with van der Waals surface area (Å²) in [6.07, 6.45) is 25.1. The summed E-state index contributed by atoms with van der Waals surface area (Å²) in [6, 6.07) is 14.3. The summed E-state index contributed by atoms with van der Waals surface area (Å²) in [5.74, 6) is 4.12. The summed E-state index contributed by atoms with van der Waals surface area (Å²) in [5.41, 5.74) is 23.2. The van der Waals surface area contributed by atoms with Gasteiger partial charge in [0.05, 0.1) is 0 Å². The third-order valence-corrected chi connectivity index (χ3v) is 8.81. The minimum atomic E-state index is 0.949. The molecule has 0 radical (unpaired) electrons. The van der Waals surface area contributed by atoms with Gasteiger partial charge in [-0.2, -0.15) is 0 Å². The number of allylic oxidation sites excluding steroid dienone is 2. The van der Waals surface area contributed by atoms with Crippen LogP contribution < -0.4 is 0 Å². The molecule has 2 aromatic rings. The standard InChI is InChI=1S/C40H60N2.2CH3.Ni/c1-6-11-16-18-22-34-26-35(23-19-17-12-7-2)30-38(29-34)40-36(24-15-10-5)31-39(42(40)41)37-27-32(20-13-8-3)25-33(28-37)21-14-9-4;;;/h25-31H,6-24H2,1-5H3;2*1H3;. The van der Waals surface area contributed by atoms with Gasteiger partial charge in [0.15, 0.2) is 0 Å². The fraction of sp³-hybridized carbons (Fsp3) is 0.619. The van der Waals surface area contributed by atoms with Crippen LogP contribution in [-0.4, -0.2) is 4.70 Å². The molecule has 0 fully saturated rings. The summed E-state index contributed by atoms with van der Waals surface area (Å²) >= 11 is 1.62. The van der Waals surface area contributed by atoms with Crippen molar-refractivity contribution < 1.29 is 19.1 Å². The third kappa shape index (κ3) is 13.7. The van der Waals surface area contributed by atoms with Gasteiger partial charge in [0.1, 0.15) is 0 Å². The van der Waals surface area contributed by atoms with Crippen molar-refractivity contribution in [2.24, 2.45) is 0 Å². The molecular formula is C42H66N2Ni. The number of benzene rings is 2. The Labute approximate surface area is 284 Å². The summed E-state index contributed by atoms with van der Waals surface area (Å²) < 4.78 is 1.55. The second-order valence-corrected chi connectivity index (χ2v) is 14.0. The summed E-state index contributed by atoms with van der Waals surface area (Å²) in [4.78, 5) is 0. The van der Waals surface area contributed by atoms with Crippen molar-refractivity contribution in [3.05, 3.63) is 87.0 Å². The van der Waals surface area contributed by atoms with Crippen LogP contribution in [0.15, 0.2) is 48.0 Å². The van der Waals surface area contributed by atoms with Crippen LogP contribution in [0.2, 0.25) is 11.8 Å². The van der Waals surface area contributed by atoms with Crippen molar-refractivity contribution in [1.29, 1.82) is 0 Å². The Morgan fingerprint density at radius 3 is 1.29 bits per heavy atom. The molecule has 3 rings (SSSR count). The Kier molecular flexibility index (Phi) is 20.3. The fourth-order valence-corrected chi connectivity index (χ4v) is 6.28. The topological polar surface area (TPSA) is 25.3 Å². The third-order valence-electron chi connectivity index (χ3n) is 8.81. The zero-order valence-electron chi connectivity index (χ0n) is 30.2. The van der Waals surface area contributed by atoms with Gasteiger partial charge in [-0.15, -0.1) is 0 Å². The monoisotopic (exact) mass is 656 g/mol. The molecule has 0 atom stereocenters. The summed E-state index contributed by atoms with van der Waals surface area (Å²) in [5, 5.41) is 0. The van der Waals surface area contributed by atoms with Gasteiger partial charge in [-0.05, 0) is 111 Å². The predicted molar refractivity (Wildman–Crippen MR) is 196 cm³/mol. The molecule has 1 aliphatic rings. The molecule has 0 aliphatic carbocycles. The van der Waals surface area contributed by atoms with Crippen molar-refractivity contribution in [2.75, 3.05) is 0 Å². The second kappa shape index (κ2) is 23.4. The molecule has 0 spiro atoms. The van der Waals surface area contributed by atoms with E-state index in [0.29, 0.717) is 0 Å². The molecule has 1 heterocycles. The zero-order valence-corrected chi connectivity index (χ0v) is 31.2. The fourth-order valence-electron chi connectivity index (χ4n) is 6.28. The number of nitrogens with zero attached hydrogens (tertiary/aromatic N) is 2. The average Bonchev–Trinajstić information content (AvgIpc) is 3.38. The van der Waals surface area contributed by atoms with Gasteiger partial charge in [-0.3, -0.25) is 0 Å². The molecule has 254 valence electrons. The number of hydrogen-bond acceptors (Lipinski definition) is 0. The van der Waals surface area contributed by atoms with Crippen LogP contribution in [0.1, 0.15) is 164 Å². The molecular weight excluding hydrogens is 591 g/mol. The van der Waals surface area contributed by atoms with Crippen LogP contribution >= 0.6 is 0 Å². The molecule has 0 unspecified atom stereocenters. The van der Waals surface area contributed by atoms with E-state index in [1.807, 2.05) is 0 Å². The van der Waals surface area contributed by atoms with Crippen molar-refractivity contribution in [3.8, 4) is 0 Å². The van der Waals surface area contributed by atoms with Crippen molar-refractivity contribution in [2.45, 2.75) is 168 Å². The van der Waals surface area contributed by atoms with Gasteiger partial charge in [0, 0.05) is 22.8 Å². The molecule has 2 aromatic carbocycles. The Bertz CT molecular complexity index is 1150. The van der Waals surface area contributed by atoms with Gasteiger partial charge in [0.2, 0.25) is 11.4 Å². The Balaban J connectivity index is 0.00000226. The van der Waals surface area contributed by atoms with E-state index in [2.05, 4.69) is 88.9 Å². The van der Waals surface area contributed by atoms with Crippen LogP contribution in [0.4, 0.5) is 0 Å². The first-order chi connectivity index (χ1) is 22.0. The quantitative estimate of drug-likeness (QED) is 0.0725. The Hall–Kier alpha value is -1.99. The number of hydrogen-bond donors (Lipinski definition) is 0. The van der Waals surface area contributed by atoms with Crippen LogP contribution in [0.3, 0.4) is 0 Å². The first-order valence-electron chi connectivity index (χ1n) is 18.4. The first kappa shape index (κ1) is 39.2. The molecule has 0 amide bonds. The molecule has 0 N–H and O–H groups in total.